The Morgan fingerprint density at radius 2 is 0.816 bits per heavy atom. The average Bonchev–Trinajstić information content (AvgIpc) is 2.94. The van der Waals surface area contributed by atoms with Gasteiger partial charge in [-0.1, -0.05) is 131 Å². The number of hydrogen-bond acceptors (Lipinski definition) is 0. The molecule has 5 heteroatoms. The maximum atomic E-state index is 2.49. The molecule has 0 aliphatic carbocycles. The van der Waals surface area contributed by atoms with Crippen molar-refractivity contribution in [3.05, 3.63) is 110 Å². The number of hydrogen-bond donors (Lipinski definition) is 0. The molecule has 0 N–H and O–H groups in total. The van der Waals surface area contributed by atoms with Crippen LogP contribution in [-0.2, 0) is 21.7 Å². The molecule has 0 aromatic heterocycles. The van der Waals surface area contributed by atoms with E-state index in [-0.39, 0.29) is 58.9 Å². The fraction of sp³-hybridized carbons (Fsp3) is 0.303. The van der Waals surface area contributed by atoms with Crippen LogP contribution in [-0.4, -0.2) is 8.07 Å². The van der Waals surface area contributed by atoms with Crippen LogP contribution in [0, 0.1) is 69.2 Å². The number of halogens is 3. The molecule has 200 valence electrons. The molecule has 0 amide bonds. The van der Waals surface area contributed by atoms with Crippen LogP contribution in [0.15, 0.2) is 54.6 Å². The maximum absolute atomic E-state index is 2.64. The van der Waals surface area contributed by atoms with Gasteiger partial charge in [0.25, 0.3) is 0 Å². The van der Waals surface area contributed by atoms with Crippen molar-refractivity contribution in [1.82, 2.24) is 0 Å². The first-order chi connectivity index (χ1) is 16.0. The van der Waals surface area contributed by atoms with Gasteiger partial charge in [-0.15, -0.1) is 5.19 Å². The van der Waals surface area contributed by atoms with Crippen molar-refractivity contribution in [3.8, 4) is 0 Å². The van der Waals surface area contributed by atoms with Gasteiger partial charge in [0.15, 0.2) is 0 Å². The predicted molar refractivity (Wildman–Crippen MR) is 153 cm³/mol. The molecule has 0 atom stereocenters. The maximum Gasteiger partial charge on any atom is 4.00 e. The summed E-state index contributed by atoms with van der Waals surface area (Å²) < 4.78 is 0. The molecule has 0 spiro atoms. The summed E-state index contributed by atoms with van der Waals surface area (Å²) in [6, 6.07) is 21.1. The molecule has 0 nitrogen and oxygen atoms in total. The van der Waals surface area contributed by atoms with Crippen molar-refractivity contribution in [1.29, 1.82) is 0 Å². The van der Waals surface area contributed by atoms with Crippen molar-refractivity contribution >= 4 is 28.8 Å². The zero-order valence-corrected chi connectivity index (χ0v) is 29.2. The van der Waals surface area contributed by atoms with E-state index in [0.29, 0.717) is 0 Å². The van der Waals surface area contributed by atoms with Gasteiger partial charge in [0.1, 0.15) is 8.07 Å². The fourth-order valence-corrected chi connectivity index (χ4v) is 13.3. The van der Waals surface area contributed by atoms with Crippen LogP contribution in [0.1, 0.15) is 55.6 Å². The van der Waals surface area contributed by atoms with E-state index in [9.17, 15) is 0 Å². The van der Waals surface area contributed by atoms with Gasteiger partial charge in [0.2, 0.25) is 0 Å². The fourth-order valence-electron chi connectivity index (χ4n) is 6.59. The summed E-state index contributed by atoms with van der Waals surface area (Å²) in [6.45, 7) is 23.2. The summed E-state index contributed by atoms with van der Waals surface area (Å²) in [6.07, 6.45) is 0. The van der Waals surface area contributed by atoms with Crippen LogP contribution in [0.4, 0.5) is 0 Å². The van der Waals surface area contributed by atoms with Crippen molar-refractivity contribution in [3.63, 3.8) is 0 Å². The molecule has 0 bridgehead atoms. The van der Waals surface area contributed by atoms with Gasteiger partial charge in [-0.2, -0.15) is 22.3 Å². The number of benzene rings is 3. The molecule has 38 heavy (non-hydrogen) atoms. The number of rotatable bonds is 4. The summed E-state index contributed by atoms with van der Waals surface area (Å²) in [7, 11) is -2.64. The molecule has 0 heterocycles. The smallest absolute Gasteiger partial charge is 1.00 e. The van der Waals surface area contributed by atoms with Gasteiger partial charge >= 0.3 is 21.7 Å². The third-order valence-corrected chi connectivity index (χ3v) is 13.9. The Kier molecular flexibility index (Phi) is 13.5. The minimum atomic E-state index is -2.64. The van der Waals surface area contributed by atoms with Crippen LogP contribution < -0.4 is 58.0 Å². The van der Waals surface area contributed by atoms with Crippen LogP contribution in [0.3, 0.4) is 0 Å². The Balaban J connectivity index is 0.00000342. The van der Waals surface area contributed by atoms with Crippen LogP contribution >= 0.6 is 0 Å². The molecule has 4 aromatic rings. The molecule has 0 fully saturated rings. The SMILES string of the molecule is Cc1cc(C)cc([Si](c2c(C)cccc2C)(c2c(C)cccc2C)[c-]2c(C)c(C)c(C)c2C)c1.[Cl-].[Cl-].[Cl-].[Ti+4]. The van der Waals surface area contributed by atoms with E-state index in [0.717, 1.165) is 0 Å². The quantitative estimate of drug-likeness (QED) is 0.129. The van der Waals surface area contributed by atoms with E-state index in [1.165, 1.54) is 60.8 Å². The van der Waals surface area contributed by atoms with Gasteiger partial charge in [-0.05, 0) is 41.5 Å². The predicted octanol–water partition coefficient (Wildman–Crippen LogP) is -3.12. The molecule has 4 aromatic carbocycles. The summed E-state index contributed by atoms with van der Waals surface area (Å²) in [4.78, 5) is 0. The third kappa shape index (κ3) is 5.80. The molecule has 0 radical (unpaired) electrons. The topological polar surface area (TPSA) is 0 Å². The van der Waals surface area contributed by atoms with Crippen molar-refractivity contribution < 1.29 is 58.9 Å². The molecule has 0 unspecified atom stereocenters. The zero-order chi connectivity index (χ0) is 24.9. The van der Waals surface area contributed by atoms with E-state index < -0.39 is 8.07 Å². The second kappa shape index (κ2) is 13.9. The third-order valence-electron chi connectivity index (χ3n) is 8.18. The first kappa shape index (κ1) is 36.8. The van der Waals surface area contributed by atoms with Crippen molar-refractivity contribution in [2.24, 2.45) is 0 Å². The molecule has 0 aliphatic heterocycles. The van der Waals surface area contributed by atoms with Crippen molar-refractivity contribution in [2.75, 3.05) is 0 Å². The van der Waals surface area contributed by atoms with Crippen LogP contribution in [0.2, 0.25) is 0 Å². The molecule has 0 saturated heterocycles. The molecule has 0 aliphatic rings. The van der Waals surface area contributed by atoms with E-state index in [1.807, 2.05) is 0 Å². The largest absolute Gasteiger partial charge is 4.00 e. The average molecular weight is 618 g/mol. The van der Waals surface area contributed by atoms with E-state index in [2.05, 4.69) is 124 Å². The summed E-state index contributed by atoms with van der Waals surface area (Å²) in [5, 5.41) is 6.24. The normalized spacial score (nSPS) is 10.6. The Morgan fingerprint density at radius 1 is 0.500 bits per heavy atom. The zero-order valence-electron chi connectivity index (χ0n) is 24.3. The van der Waals surface area contributed by atoms with E-state index >= 15 is 0 Å². The molecular weight excluding hydrogens is 579 g/mol. The Hall–Kier alpha value is -1.19. The van der Waals surface area contributed by atoms with Crippen LogP contribution in [0.5, 0.6) is 0 Å². The standard InChI is InChI=1S/C33H39Si.3ClH.Ti/c1-20-17-21(2)19-30(18-20)34(31-22(3)13-11-14-23(31)4,32-24(5)15-12-16-25(32)6)33-28(9)26(7)27(8)29(33)10;;;;/h11-19H,1-10H3;3*1H;/q-1;;;;+4/p-3. The minimum absolute atomic E-state index is 0. The Labute approximate surface area is 265 Å². The summed E-state index contributed by atoms with van der Waals surface area (Å²) >= 11 is 0. The van der Waals surface area contributed by atoms with E-state index in [1.54, 1.807) is 15.6 Å². The molecular formula is C33H39Cl3SiTi. The monoisotopic (exact) mass is 616 g/mol. The van der Waals surface area contributed by atoms with Gasteiger partial charge < -0.3 is 37.2 Å². The van der Waals surface area contributed by atoms with Gasteiger partial charge in [0, 0.05) is 0 Å². The van der Waals surface area contributed by atoms with Gasteiger partial charge in [-0.25, -0.2) is 0 Å². The second-order valence-corrected chi connectivity index (χ2v) is 14.1. The Bertz CT molecular complexity index is 1280. The Morgan fingerprint density at radius 3 is 1.13 bits per heavy atom. The molecule has 0 saturated carbocycles. The van der Waals surface area contributed by atoms with Crippen molar-refractivity contribution in [2.45, 2.75) is 69.2 Å². The first-order valence-electron chi connectivity index (χ1n) is 12.5. The summed E-state index contributed by atoms with van der Waals surface area (Å²) in [5.41, 5.74) is 14.2. The second-order valence-electron chi connectivity index (χ2n) is 10.5. The summed E-state index contributed by atoms with van der Waals surface area (Å²) in [5.74, 6) is 0. The first-order valence-corrected chi connectivity index (χ1v) is 14.5. The van der Waals surface area contributed by atoms with Gasteiger partial charge in [-0.3, -0.25) is 0 Å². The van der Waals surface area contributed by atoms with E-state index in [4.69, 9.17) is 0 Å². The molecule has 4 rings (SSSR count). The minimum Gasteiger partial charge on any atom is -1.00 e. The van der Waals surface area contributed by atoms with Gasteiger partial charge in [0.05, 0.1) is 0 Å². The van der Waals surface area contributed by atoms with Crippen LogP contribution in [0.25, 0.3) is 0 Å². The number of aryl methyl sites for hydroxylation is 6.